The molecule has 0 atom stereocenters. The molecule has 3 N–H and O–H groups in total. The van der Waals surface area contributed by atoms with Gasteiger partial charge in [0.25, 0.3) is 0 Å². The molecule has 0 saturated heterocycles. The second kappa shape index (κ2) is 6.88. The highest BCUT2D eigenvalue weighted by atomic mass is 35.5. The lowest BCUT2D eigenvalue weighted by atomic mass is 10.1. The van der Waals surface area contributed by atoms with Gasteiger partial charge in [0.2, 0.25) is 0 Å². The number of nitrogens with zero attached hydrogens (tertiary/aromatic N) is 1. The molecule has 0 radical (unpaired) electrons. The lowest BCUT2D eigenvalue weighted by Crippen LogP contribution is -2.15. The molecule has 20 heavy (non-hydrogen) atoms. The van der Waals surface area contributed by atoms with E-state index in [9.17, 15) is 0 Å². The zero-order chi connectivity index (χ0) is 14.5. The molecule has 1 heterocycles. The van der Waals surface area contributed by atoms with Crippen molar-refractivity contribution in [2.45, 2.75) is 6.42 Å². The fraction of sp³-hybridized carbons (Fsp3) is 0.143. The van der Waals surface area contributed by atoms with Crippen LogP contribution in [-0.2, 0) is 6.42 Å². The Morgan fingerprint density at radius 1 is 1.30 bits per heavy atom. The maximum Gasteiger partial charge on any atom is 0.136 e. The number of rotatable bonds is 5. The van der Waals surface area contributed by atoms with Gasteiger partial charge in [-0.1, -0.05) is 41.5 Å². The summed E-state index contributed by atoms with van der Waals surface area (Å²) in [6.45, 7) is 0.675. The first kappa shape index (κ1) is 15.0. The third-order valence-corrected chi connectivity index (χ3v) is 3.58. The molecule has 6 heteroatoms. The number of pyridine rings is 1. The van der Waals surface area contributed by atoms with Crippen molar-refractivity contribution in [3.63, 3.8) is 0 Å². The molecule has 0 aliphatic rings. The summed E-state index contributed by atoms with van der Waals surface area (Å²) in [5.74, 6) is 0.685. The standard InChI is InChI=1S/C14H13Cl2N3S/c15-10-4-3-9(12(16)8-10)5-7-19-14-11(13(17)20)2-1-6-18-14/h1-4,6,8H,5,7H2,(H2,17,20)(H,18,19). The van der Waals surface area contributed by atoms with Gasteiger partial charge in [-0.05, 0) is 36.2 Å². The molecular formula is C14H13Cl2N3S. The van der Waals surface area contributed by atoms with Crippen molar-refractivity contribution in [1.29, 1.82) is 0 Å². The minimum atomic E-state index is 0.324. The van der Waals surface area contributed by atoms with Crippen LogP contribution in [0.3, 0.4) is 0 Å². The normalized spacial score (nSPS) is 10.3. The summed E-state index contributed by atoms with van der Waals surface area (Å²) in [4.78, 5) is 4.56. The van der Waals surface area contributed by atoms with Crippen LogP contribution in [0.5, 0.6) is 0 Å². The summed E-state index contributed by atoms with van der Waals surface area (Å²) in [5, 5.41) is 4.51. The summed E-state index contributed by atoms with van der Waals surface area (Å²) in [6, 6.07) is 9.12. The zero-order valence-corrected chi connectivity index (χ0v) is 12.9. The molecule has 1 aromatic carbocycles. The smallest absolute Gasteiger partial charge is 0.136 e. The maximum atomic E-state index is 6.12. The molecule has 0 fully saturated rings. The van der Waals surface area contributed by atoms with Crippen LogP contribution in [0.4, 0.5) is 5.82 Å². The minimum Gasteiger partial charge on any atom is -0.389 e. The zero-order valence-electron chi connectivity index (χ0n) is 10.6. The predicted octanol–water partition coefficient (Wildman–Crippen LogP) is 3.68. The highest BCUT2D eigenvalue weighted by Crippen LogP contribution is 2.21. The van der Waals surface area contributed by atoms with E-state index in [4.69, 9.17) is 41.2 Å². The Bertz CT molecular complexity index is 632. The van der Waals surface area contributed by atoms with Crippen LogP contribution in [-0.4, -0.2) is 16.5 Å². The summed E-state index contributed by atoms with van der Waals surface area (Å²) < 4.78 is 0. The highest BCUT2D eigenvalue weighted by Gasteiger charge is 2.06. The monoisotopic (exact) mass is 325 g/mol. The van der Waals surface area contributed by atoms with Crippen LogP contribution in [0, 0.1) is 0 Å². The fourth-order valence-corrected chi connectivity index (χ4v) is 2.45. The first-order valence-electron chi connectivity index (χ1n) is 6.00. The topological polar surface area (TPSA) is 50.9 Å². The molecule has 0 bridgehead atoms. The van der Waals surface area contributed by atoms with Crippen molar-refractivity contribution >= 4 is 46.2 Å². The average molecular weight is 326 g/mol. The fourth-order valence-electron chi connectivity index (χ4n) is 1.79. The van der Waals surface area contributed by atoms with E-state index in [1.54, 1.807) is 18.3 Å². The van der Waals surface area contributed by atoms with Gasteiger partial charge < -0.3 is 11.1 Å². The lowest BCUT2D eigenvalue weighted by molar-refractivity contribution is 1.01. The third kappa shape index (κ3) is 3.82. The molecule has 1 aromatic heterocycles. The first-order chi connectivity index (χ1) is 9.58. The molecule has 2 aromatic rings. The number of anilines is 1. The van der Waals surface area contributed by atoms with Gasteiger partial charge in [0.15, 0.2) is 0 Å². The van der Waals surface area contributed by atoms with Gasteiger partial charge in [-0.3, -0.25) is 0 Å². The van der Waals surface area contributed by atoms with Gasteiger partial charge in [-0.15, -0.1) is 0 Å². The molecule has 0 aliphatic carbocycles. The number of hydrogen-bond acceptors (Lipinski definition) is 3. The van der Waals surface area contributed by atoms with E-state index in [1.807, 2.05) is 18.2 Å². The number of aromatic nitrogens is 1. The van der Waals surface area contributed by atoms with E-state index in [0.29, 0.717) is 27.4 Å². The largest absolute Gasteiger partial charge is 0.389 e. The van der Waals surface area contributed by atoms with Gasteiger partial charge in [-0.2, -0.15) is 0 Å². The highest BCUT2D eigenvalue weighted by molar-refractivity contribution is 7.80. The van der Waals surface area contributed by atoms with Crippen LogP contribution < -0.4 is 11.1 Å². The average Bonchev–Trinajstić information content (AvgIpc) is 2.41. The Labute approximate surface area is 133 Å². The summed E-state index contributed by atoms with van der Waals surface area (Å²) in [7, 11) is 0. The first-order valence-corrected chi connectivity index (χ1v) is 7.17. The summed E-state index contributed by atoms with van der Waals surface area (Å²) >= 11 is 17.0. The van der Waals surface area contributed by atoms with Gasteiger partial charge in [-0.25, -0.2) is 4.98 Å². The number of nitrogens with two attached hydrogens (primary N) is 1. The summed E-state index contributed by atoms with van der Waals surface area (Å²) in [5.41, 5.74) is 7.42. The Morgan fingerprint density at radius 3 is 2.80 bits per heavy atom. The lowest BCUT2D eigenvalue weighted by Gasteiger charge is -2.10. The van der Waals surface area contributed by atoms with Crippen molar-refractivity contribution in [2.24, 2.45) is 5.73 Å². The molecule has 0 amide bonds. The Hall–Kier alpha value is -1.36. The third-order valence-electron chi connectivity index (χ3n) is 2.78. The van der Waals surface area contributed by atoms with Gasteiger partial charge in [0.1, 0.15) is 10.8 Å². The maximum absolute atomic E-state index is 6.12. The van der Waals surface area contributed by atoms with E-state index in [0.717, 1.165) is 17.5 Å². The molecule has 0 saturated carbocycles. The van der Waals surface area contributed by atoms with Crippen LogP contribution in [0.2, 0.25) is 10.0 Å². The van der Waals surface area contributed by atoms with E-state index in [1.165, 1.54) is 0 Å². The van der Waals surface area contributed by atoms with Crippen molar-refractivity contribution in [3.8, 4) is 0 Å². The minimum absolute atomic E-state index is 0.324. The second-order valence-corrected chi connectivity index (χ2v) is 5.46. The number of halogens is 2. The van der Waals surface area contributed by atoms with E-state index in [-0.39, 0.29) is 0 Å². The van der Waals surface area contributed by atoms with E-state index in [2.05, 4.69) is 10.3 Å². The number of benzene rings is 1. The predicted molar refractivity (Wildman–Crippen MR) is 88.8 cm³/mol. The molecule has 104 valence electrons. The quantitative estimate of drug-likeness (QED) is 0.823. The molecule has 2 rings (SSSR count). The van der Waals surface area contributed by atoms with Gasteiger partial charge in [0, 0.05) is 22.8 Å². The van der Waals surface area contributed by atoms with Crippen molar-refractivity contribution < 1.29 is 0 Å². The second-order valence-electron chi connectivity index (χ2n) is 4.18. The Kier molecular flexibility index (Phi) is 5.17. The number of hydrogen-bond donors (Lipinski definition) is 2. The molecule has 0 spiro atoms. The number of nitrogens with one attached hydrogen (secondary N) is 1. The van der Waals surface area contributed by atoms with E-state index >= 15 is 0 Å². The van der Waals surface area contributed by atoms with Gasteiger partial charge >= 0.3 is 0 Å². The van der Waals surface area contributed by atoms with Crippen LogP contribution in [0.15, 0.2) is 36.5 Å². The number of thiocarbonyl (C=S) groups is 1. The van der Waals surface area contributed by atoms with Crippen molar-refractivity contribution in [2.75, 3.05) is 11.9 Å². The molecule has 0 unspecified atom stereocenters. The van der Waals surface area contributed by atoms with Gasteiger partial charge in [0.05, 0.1) is 5.56 Å². The van der Waals surface area contributed by atoms with Crippen molar-refractivity contribution in [1.82, 2.24) is 4.98 Å². The summed E-state index contributed by atoms with van der Waals surface area (Å²) in [6.07, 6.45) is 2.45. The molecule has 3 nitrogen and oxygen atoms in total. The van der Waals surface area contributed by atoms with E-state index < -0.39 is 0 Å². The Morgan fingerprint density at radius 2 is 2.10 bits per heavy atom. The SMILES string of the molecule is NC(=S)c1cccnc1NCCc1ccc(Cl)cc1Cl. The van der Waals surface area contributed by atoms with Crippen LogP contribution >= 0.6 is 35.4 Å². The van der Waals surface area contributed by atoms with Crippen molar-refractivity contribution in [3.05, 3.63) is 57.7 Å². The van der Waals surface area contributed by atoms with Crippen LogP contribution in [0.25, 0.3) is 0 Å². The Balaban J connectivity index is 2.01. The van der Waals surface area contributed by atoms with Crippen LogP contribution in [0.1, 0.15) is 11.1 Å². The molecule has 0 aliphatic heterocycles. The molecular weight excluding hydrogens is 313 g/mol.